The molecule has 1 aromatic heterocycles. The van der Waals surface area contributed by atoms with Crippen LogP contribution in [0.1, 0.15) is 36.9 Å². The van der Waals surface area contributed by atoms with Crippen LogP contribution in [0.2, 0.25) is 0 Å². The third-order valence-electron chi connectivity index (χ3n) is 3.66. The summed E-state index contributed by atoms with van der Waals surface area (Å²) in [6.07, 6.45) is -3.53. The van der Waals surface area contributed by atoms with Crippen LogP contribution in [0.4, 0.5) is 18.2 Å². The Kier molecular flexibility index (Phi) is 4.49. The fourth-order valence-corrected chi connectivity index (χ4v) is 3.03. The smallest absolute Gasteiger partial charge is 0.419 e. The van der Waals surface area contributed by atoms with E-state index in [9.17, 15) is 18.0 Å². The first-order chi connectivity index (χ1) is 11.4. The van der Waals surface area contributed by atoms with E-state index in [2.05, 4.69) is 10.3 Å². The zero-order valence-corrected chi connectivity index (χ0v) is 13.6. The first-order valence-corrected chi connectivity index (χ1v) is 8.31. The summed E-state index contributed by atoms with van der Waals surface area (Å²) >= 11 is 1.30. The Hall–Kier alpha value is -2.09. The molecule has 8 heteroatoms. The number of para-hydroxylation sites is 1. The number of hydrogen-bond donors (Lipinski definition) is 1. The zero-order chi connectivity index (χ0) is 17.3. The highest BCUT2D eigenvalue weighted by molar-refractivity contribution is 7.14. The number of nitrogens with zero attached hydrogens (tertiary/aromatic N) is 1. The highest BCUT2D eigenvalue weighted by atomic mass is 32.1. The lowest BCUT2D eigenvalue weighted by atomic mass is 10.2. The number of nitrogens with one attached hydrogen (secondary N) is 1. The van der Waals surface area contributed by atoms with Gasteiger partial charge in [0.1, 0.15) is 10.8 Å². The van der Waals surface area contributed by atoms with Crippen LogP contribution in [0.3, 0.4) is 0 Å². The predicted octanol–water partition coefficient (Wildman–Crippen LogP) is 4.45. The van der Waals surface area contributed by atoms with Gasteiger partial charge in [-0.3, -0.25) is 4.79 Å². The highest BCUT2D eigenvalue weighted by Crippen LogP contribution is 2.44. The minimum Gasteiger partial charge on any atom is -0.480 e. The molecule has 3 rings (SSSR count). The molecule has 4 nitrogen and oxygen atoms in total. The Morgan fingerprint density at radius 2 is 2.08 bits per heavy atom. The lowest BCUT2D eigenvalue weighted by Crippen LogP contribution is -2.30. The van der Waals surface area contributed by atoms with Gasteiger partial charge < -0.3 is 10.1 Å². The summed E-state index contributed by atoms with van der Waals surface area (Å²) < 4.78 is 44.2. The highest BCUT2D eigenvalue weighted by Gasteiger charge is 2.35. The summed E-state index contributed by atoms with van der Waals surface area (Å²) in [5.74, 6) is -0.494. The third-order valence-corrected chi connectivity index (χ3v) is 4.42. The van der Waals surface area contributed by atoms with E-state index in [1.165, 1.54) is 36.5 Å². The van der Waals surface area contributed by atoms with E-state index in [-0.39, 0.29) is 5.75 Å². The monoisotopic (exact) mass is 356 g/mol. The van der Waals surface area contributed by atoms with E-state index >= 15 is 0 Å². The molecule has 2 aromatic rings. The SMILES string of the molecule is C[C@@H](Oc1ccccc1C(F)(F)F)C(=O)Nc1scnc1C1CC1. The van der Waals surface area contributed by atoms with Gasteiger partial charge in [0.25, 0.3) is 5.91 Å². The number of hydrogen-bond acceptors (Lipinski definition) is 4. The molecule has 0 unspecified atom stereocenters. The van der Waals surface area contributed by atoms with Gasteiger partial charge in [0.2, 0.25) is 0 Å². The van der Waals surface area contributed by atoms with Crippen LogP contribution < -0.4 is 10.1 Å². The molecule has 0 bridgehead atoms. The van der Waals surface area contributed by atoms with Gasteiger partial charge in [-0.2, -0.15) is 13.2 Å². The standard InChI is InChI=1S/C16H15F3N2O2S/c1-9(23-12-5-3-2-4-11(12)16(17,18)19)14(22)21-15-13(10-6-7-10)20-8-24-15/h2-5,8-10H,6-7H2,1H3,(H,21,22)/t9-/m1/s1. The Morgan fingerprint density at radius 3 is 2.75 bits per heavy atom. The number of ether oxygens (including phenoxy) is 1. The lowest BCUT2D eigenvalue weighted by Gasteiger charge is -2.18. The Balaban J connectivity index is 1.70. The van der Waals surface area contributed by atoms with Gasteiger partial charge in [-0.15, -0.1) is 11.3 Å². The summed E-state index contributed by atoms with van der Waals surface area (Å²) in [4.78, 5) is 16.5. The van der Waals surface area contributed by atoms with Crippen LogP contribution in [0.15, 0.2) is 29.8 Å². The summed E-state index contributed by atoms with van der Waals surface area (Å²) in [5.41, 5.74) is 1.59. The molecule has 0 saturated heterocycles. The van der Waals surface area contributed by atoms with Crippen LogP contribution in [0.25, 0.3) is 0 Å². The summed E-state index contributed by atoms with van der Waals surface area (Å²) in [6.45, 7) is 1.42. The number of alkyl halides is 3. The Bertz CT molecular complexity index is 741. The number of amides is 1. The quantitative estimate of drug-likeness (QED) is 0.861. The van der Waals surface area contributed by atoms with Crippen molar-refractivity contribution in [3.8, 4) is 5.75 Å². The van der Waals surface area contributed by atoms with Crippen molar-refractivity contribution in [2.75, 3.05) is 5.32 Å². The second-order valence-electron chi connectivity index (χ2n) is 5.58. The summed E-state index contributed by atoms with van der Waals surface area (Å²) in [7, 11) is 0. The van der Waals surface area contributed by atoms with Crippen molar-refractivity contribution in [3.63, 3.8) is 0 Å². The molecule has 0 radical (unpaired) electrons. The molecule has 1 aliphatic carbocycles. The van der Waals surface area contributed by atoms with Crippen molar-refractivity contribution in [3.05, 3.63) is 41.0 Å². The molecule has 1 atom stereocenters. The zero-order valence-electron chi connectivity index (χ0n) is 12.8. The molecule has 1 heterocycles. The van der Waals surface area contributed by atoms with Crippen LogP contribution in [0, 0.1) is 0 Å². The minimum atomic E-state index is -4.54. The van der Waals surface area contributed by atoms with Crippen LogP contribution in [-0.2, 0) is 11.0 Å². The summed E-state index contributed by atoms with van der Waals surface area (Å²) in [5, 5.41) is 3.34. The minimum absolute atomic E-state index is 0.362. The van der Waals surface area contributed by atoms with Crippen molar-refractivity contribution in [2.45, 2.75) is 38.0 Å². The summed E-state index contributed by atoms with van der Waals surface area (Å²) in [6, 6.07) is 4.84. The topological polar surface area (TPSA) is 51.2 Å². The first kappa shape index (κ1) is 16.8. The normalized spacial score (nSPS) is 15.8. The van der Waals surface area contributed by atoms with E-state index in [1.807, 2.05) is 0 Å². The fraction of sp³-hybridized carbons (Fsp3) is 0.375. The average molecular weight is 356 g/mol. The number of benzene rings is 1. The van der Waals surface area contributed by atoms with Gasteiger partial charge in [0.05, 0.1) is 16.8 Å². The van der Waals surface area contributed by atoms with Gasteiger partial charge in [0, 0.05) is 5.92 Å². The fourth-order valence-electron chi connectivity index (χ4n) is 2.26. The van der Waals surface area contributed by atoms with Crippen molar-refractivity contribution in [1.29, 1.82) is 0 Å². The van der Waals surface area contributed by atoms with E-state index in [0.29, 0.717) is 10.9 Å². The number of thiazole rings is 1. The maximum atomic E-state index is 13.0. The molecule has 1 amide bonds. The molecule has 1 N–H and O–H groups in total. The van der Waals surface area contributed by atoms with Gasteiger partial charge in [-0.1, -0.05) is 12.1 Å². The van der Waals surface area contributed by atoms with Crippen LogP contribution in [0.5, 0.6) is 5.75 Å². The van der Waals surface area contributed by atoms with Crippen LogP contribution >= 0.6 is 11.3 Å². The maximum Gasteiger partial charge on any atom is 0.419 e. The van der Waals surface area contributed by atoms with E-state index < -0.39 is 23.8 Å². The molecule has 0 aliphatic heterocycles. The maximum absolute atomic E-state index is 13.0. The van der Waals surface area contributed by atoms with E-state index in [1.54, 1.807) is 5.51 Å². The molecule has 1 saturated carbocycles. The van der Waals surface area contributed by atoms with Crippen molar-refractivity contribution < 1.29 is 22.7 Å². The van der Waals surface area contributed by atoms with Crippen molar-refractivity contribution in [1.82, 2.24) is 4.98 Å². The van der Waals surface area contributed by atoms with E-state index in [0.717, 1.165) is 24.6 Å². The molecule has 128 valence electrons. The molecular formula is C16H15F3N2O2S. The molecule has 1 fully saturated rings. The van der Waals surface area contributed by atoms with E-state index in [4.69, 9.17) is 4.74 Å². The van der Waals surface area contributed by atoms with Crippen molar-refractivity contribution in [2.24, 2.45) is 0 Å². The van der Waals surface area contributed by atoms with Gasteiger partial charge >= 0.3 is 6.18 Å². The number of anilines is 1. The van der Waals surface area contributed by atoms with Gasteiger partial charge in [-0.25, -0.2) is 4.98 Å². The number of carbonyl (C=O) groups excluding carboxylic acids is 1. The second-order valence-corrected chi connectivity index (χ2v) is 6.44. The lowest BCUT2D eigenvalue weighted by molar-refractivity contribution is -0.140. The average Bonchev–Trinajstić information content (AvgIpc) is 3.26. The van der Waals surface area contributed by atoms with Gasteiger partial charge in [0.15, 0.2) is 6.10 Å². The predicted molar refractivity (Wildman–Crippen MR) is 84.3 cm³/mol. The molecule has 0 spiro atoms. The molecule has 1 aliphatic rings. The molecule has 24 heavy (non-hydrogen) atoms. The first-order valence-electron chi connectivity index (χ1n) is 7.43. The van der Waals surface area contributed by atoms with Crippen molar-refractivity contribution >= 4 is 22.2 Å². The number of aromatic nitrogens is 1. The number of halogens is 3. The molecular weight excluding hydrogens is 341 g/mol. The largest absolute Gasteiger partial charge is 0.480 e. The molecule has 1 aromatic carbocycles. The number of rotatable bonds is 5. The van der Waals surface area contributed by atoms with Crippen LogP contribution in [-0.4, -0.2) is 17.0 Å². The second kappa shape index (κ2) is 6.43. The number of carbonyl (C=O) groups is 1. The Labute approximate surface area is 140 Å². The Morgan fingerprint density at radius 1 is 1.38 bits per heavy atom. The van der Waals surface area contributed by atoms with Gasteiger partial charge in [-0.05, 0) is 31.9 Å². The third kappa shape index (κ3) is 3.69.